The van der Waals surface area contributed by atoms with Gasteiger partial charge in [-0.25, -0.2) is 0 Å². The summed E-state index contributed by atoms with van der Waals surface area (Å²) in [7, 11) is 6.49. The predicted molar refractivity (Wildman–Crippen MR) is 123 cm³/mol. The first-order chi connectivity index (χ1) is 13.7. The monoisotopic (exact) mass is 606 g/mol. The number of rotatable bonds is 2. The van der Waals surface area contributed by atoms with Crippen LogP contribution in [0.25, 0.3) is 22.8 Å². The van der Waals surface area contributed by atoms with Crippen LogP contribution in [0.15, 0.2) is 81.0 Å². The van der Waals surface area contributed by atoms with Crippen LogP contribution in [0.4, 0.5) is 0 Å². The van der Waals surface area contributed by atoms with Crippen molar-refractivity contribution in [1.29, 1.82) is 0 Å². The first kappa shape index (κ1) is 22.8. The van der Waals surface area contributed by atoms with Gasteiger partial charge in [0.1, 0.15) is 0 Å². The summed E-state index contributed by atoms with van der Waals surface area (Å²) < 4.78 is 2.29. The zero-order chi connectivity index (χ0) is 18.8. The van der Waals surface area contributed by atoms with Gasteiger partial charge in [0.2, 0.25) is 0 Å². The molecule has 1 heterocycles. The molecule has 2 aliphatic carbocycles. The molecule has 1 aliphatic heterocycles. The van der Waals surface area contributed by atoms with Gasteiger partial charge in [-0.05, 0) is 0 Å². The zero-order valence-electron chi connectivity index (χ0n) is 15.6. The third kappa shape index (κ3) is 3.34. The van der Waals surface area contributed by atoms with Gasteiger partial charge in [0.25, 0.3) is 0 Å². The Hall–Kier alpha value is -0.347. The van der Waals surface area contributed by atoms with E-state index in [1.807, 2.05) is 11.8 Å². The molecule has 0 fully saturated rings. The summed E-state index contributed by atoms with van der Waals surface area (Å²) in [4.78, 5) is 0. The molecule has 3 aromatic carbocycles. The maximum absolute atomic E-state index is 6.49. The molecule has 1 unspecified atom stereocenters. The van der Waals surface area contributed by atoms with Gasteiger partial charge in [-0.15, -0.1) is 0 Å². The van der Waals surface area contributed by atoms with Crippen molar-refractivity contribution < 1.29 is 44.5 Å². The standard InChI is InChI=1S/C13H9.C11H6BrS.2ClH.S.Zr/c1-3-7-12-10(5-1)9-11-6-2-4-8-13(11)12;12-11-9-5-7-3-1-2-4-8(7)10(9)6-13-11;;;;/h1-9H;1-5,11H;2*1H;;/q;;;;;+2/p-2. The summed E-state index contributed by atoms with van der Waals surface area (Å²) in [6.45, 7) is 0. The van der Waals surface area contributed by atoms with Crippen LogP contribution in [0.1, 0.15) is 25.9 Å². The van der Waals surface area contributed by atoms with E-state index in [0.717, 1.165) is 0 Å². The van der Waals surface area contributed by atoms with E-state index < -0.39 is 19.7 Å². The van der Waals surface area contributed by atoms with Crippen molar-refractivity contribution in [3.05, 3.63) is 103 Å². The fourth-order valence-corrected chi connectivity index (χ4v) is 17.8. The Morgan fingerprint density at radius 3 is 1.93 bits per heavy atom. The molecule has 0 saturated heterocycles. The number of thioether (sulfide) groups is 1. The van der Waals surface area contributed by atoms with Crippen LogP contribution in [0.2, 0.25) is 0 Å². The fourth-order valence-electron chi connectivity index (χ4n) is 4.65. The number of allylic oxidation sites excluding steroid dienone is 1. The molecular weight excluding hydrogens is 594 g/mol. The van der Waals surface area contributed by atoms with Crippen molar-refractivity contribution in [3.63, 3.8) is 0 Å². The number of hydrogen-bond donors (Lipinski definition) is 0. The van der Waals surface area contributed by atoms with Crippen molar-refractivity contribution >= 4 is 48.2 Å². The number of fused-ring (bicyclic) bond motifs is 6. The van der Waals surface area contributed by atoms with E-state index in [2.05, 4.69) is 94.8 Å². The summed E-state index contributed by atoms with van der Waals surface area (Å²) in [6.07, 6.45) is 2.35. The zero-order valence-corrected chi connectivity index (χ0v) is 22.8. The van der Waals surface area contributed by atoms with Crippen LogP contribution in [0.5, 0.6) is 0 Å². The third-order valence-corrected chi connectivity index (χ3v) is 17.9. The van der Waals surface area contributed by atoms with Crippen LogP contribution in [0.3, 0.4) is 0 Å². The topological polar surface area (TPSA) is 0 Å². The predicted octanol–water partition coefficient (Wildman–Crippen LogP) is 1.73. The second-order valence-electron chi connectivity index (χ2n) is 7.30. The van der Waals surface area contributed by atoms with Gasteiger partial charge in [-0.3, -0.25) is 0 Å². The van der Waals surface area contributed by atoms with Gasteiger partial charge >= 0.3 is 190 Å². The van der Waals surface area contributed by atoms with E-state index in [0.29, 0.717) is 7.79 Å². The van der Waals surface area contributed by atoms with E-state index in [-0.39, 0.29) is 24.8 Å². The molecule has 3 aromatic rings. The Bertz CT molecular complexity index is 1210. The van der Waals surface area contributed by atoms with Gasteiger partial charge in [-0.2, -0.15) is 0 Å². The summed E-state index contributed by atoms with van der Waals surface area (Å²) in [5.41, 5.74) is 11.3. The molecule has 0 spiro atoms. The average Bonchev–Trinajstić information content (AvgIpc) is 3.37. The molecule has 0 nitrogen and oxygen atoms in total. The van der Waals surface area contributed by atoms with Crippen LogP contribution in [-0.2, 0) is 19.7 Å². The number of hydrogen-bond acceptors (Lipinski definition) is 2. The van der Waals surface area contributed by atoms with E-state index in [9.17, 15) is 0 Å². The van der Waals surface area contributed by atoms with Gasteiger partial charge in [0, 0.05) is 0 Å². The van der Waals surface area contributed by atoms with Gasteiger partial charge in [0.15, 0.2) is 0 Å². The van der Waals surface area contributed by atoms with Crippen molar-refractivity contribution in [2.24, 2.45) is 0 Å². The van der Waals surface area contributed by atoms with E-state index >= 15 is 0 Å². The number of alkyl halides is 1. The van der Waals surface area contributed by atoms with Crippen LogP contribution >= 0.6 is 36.5 Å². The minimum absolute atomic E-state index is 0. The summed E-state index contributed by atoms with van der Waals surface area (Å²) in [5, 5.41) is 0. The second kappa shape index (κ2) is 8.89. The Balaban J connectivity index is 0.00000109. The maximum atomic E-state index is 6.49. The molecular formula is C24H15BrCl2S2Zr. The first-order valence-corrected chi connectivity index (χ1v) is 17.2. The Labute approximate surface area is 212 Å². The summed E-state index contributed by atoms with van der Waals surface area (Å²) >= 11 is 3.49. The molecule has 0 radical (unpaired) electrons. The number of halogens is 3. The molecule has 0 bridgehead atoms. The SMILES string of the molecule is [Cl-].[Cl-].[S]=[Zr+2]([C]1=C2C(=Cc3ccccc32)C(Br)S1)[CH]1c2ccccc2-c2ccccc21. The minimum atomic E-state index is -2.41. The third-order valence-electron chi connectivity index (χ3n) is 5.84. The fraction of sp³-hybridized carbons (Fsp3) is 0.0833. The van der Waals surface area contributed by atoms with Gasteiger partial charge < -0.3 is 24.8 Å². The van der Waals surface area contributed by atoms with Crippen molar-refractivity contribution in [3.8, 4) is 11.1 Å². The van der Waals surface area contributed by atoms with Crippen LogP contribution in [0, 0.1) is 0 Å². The van der Waals surface area contributed by atoms with Crippen molar-refractivity contribution in [2.75, 3.05) is 0 Å². The molecule has 148 valence electrons. The molecule has 30 heavy (non-hydrogen) atoms. The van der Waals surface area contributed by atoms with E-state index in [4.69, 9.17) is 8.86 Å². The Kier molecular flexibility index (Phi) is 6.76. The molecule has 0 saturated carbocycles. The molecule has 0 N–H and O–H groups in total. The molecule has 3 aliphatic rings. The first-order valence-electron chi connectivity index (χ1n) is 9.33. The van der Waals surface area contributed by atoms with E-state index in [1.54, 1.807) is 0 Å². The summed E-state index contributed by atoms with van der Waals surface area (Å²) in [5.74, 6) is 0. The molecule has 6 heteroatoms. The Morgan fingerprint density at radius 2 is 1.30 bits per heavy atom. The molecule has 1 atom stereocenters. The molecule has 0 amide bonds. The van der Waals surface area contributed by atoms with Crippen molar-refractivity contribution in [1.82, 2.24) is 0 Å². The van der Waals surface area contributed by atoms with Crippen LogP contribution in [-0.4, -0.2) is 4.16 Å². The quantitative estimate of drug-likeness (QED) is 0.407. The van der Waals surface area contributed by atoms with Gasteiger partial charge in [0.05, 0.1) is 0 Å². The van der Waals surface area contributed by atoms with E-state index in [1.165, 1.54) is 47.1 Å². The molecule has 0 aromatic heterocycles. The summed E-state index contributed by atoms with van der Waals surface area (Å²) in [6, 6.07) is 26.6. The molecule has 6 rings (SSSR count). The number of benzene rings is 3. The van der Waals surface area contributed by atoms with Crippen LogP contribution < -0.4 is 24.8 Å². The van der Waals surface area contributed by atoms with Crippen molar-refractivity contribution in [2.45, 2.75) is 7.79 Å². The van der Waals surface area contributed by atoms with Gasteiger partial charge in [-0.1, -0.05) is 0 Å². The second-order valence-corrected chi connectivity index (χ2v) is 17.9. The average molecular weight is 610 g/mol. The Morgan fingerprint density at radius 1 is 0.767 bits per heavy atom. The normalized spacial score (nSPS) is 17.6.